The number of piperidine rings is 1. The number of hydrogen-bond donors (Lipinski definition) is 4. The first-order valence-corrected chi connectivity index (χ1v) is 10.4. The summed E-state index contributed by atoms with van der Waals surface area (Å²) in [6.07, 6.45) is 3.69. The van der Waals surface area contributed by atoms with Gasteiger partial charge in [-0.2, -0.15) is 0 Å². The van der Waals surface area contributed by atoms with E-state index in [4.69, 9.17) is 25.2 Å². The van der Waals surface area contributed by atoms with Gasteiger partial charge in [0.1, 0.15) is 5.75 Å². The highest BCUT2D eigenvalue weighted by atomic mass is 16.5. The smallest absolute Gasteiger partial charge is 0.335 e. The molecule has 1 saturated carbocycles. The van der Waals surface area contributed by atoms with Gasteiger partial charge in [0, 0.05) is 11.5 Å². The zero-order valence-electron chi connectivity index (χ0n) is 17.5. The Morgan fingerprint density at radius 3 is 2.40 bits per heavy atom. The number of fused-ring (bicyclic) bond motifs is 1. The molecule has 1 aromatic carbocycles. The van der Waals surface area contributed by atoms with Crippen LogP contribution < -0.4 is 4.74 Å². The maximum Gasteiger partial charge on any atom is 0.335 e. The lowest BCUT2D eigenvalue weighted by Crippen LogP contribution is -2.59. The van der Waals surface area contributed by atoms with Crippen molar-refractivity contribution in [1.82, 2.24) is 4.90 Å². The van der Waals surface area contributed by atoms with Crippen LogP contribution in [0.4, 0.5) is 0 Å². The summed E-state index contributed by atoms with van der Waals surface area (Å²) in [4.78, 5) is 22.2. The van der Waals surface area contributed by atoms with Gasteiger partial charge >= 0.3 is 11.9 Å². The van der Waals surface area contributed by atoms with E-state index < -0.39 is 24.1 Å². The highest BCUT2D eigenvalue weighted by molar-refractivity contribution is 5.83. The molecule has 0 spiro atoms. The van der Waals surface area contributed by atoms with E-state index in [9.17, 15) is 9.59 Å². The molecule has 2 bridgehead atoms. The van der Waals surface area contributed by atoms with Crippen LogP contribution in [0.25, 0.3) is 0 Å². The number of likely N-dealkylation sites (tertiary alicyclic amines) is 1. The zero-order valence-corrected chi connectivity index (χ0v) is 17.5. The van der Waals surface area contributed by atoms with Crippen molar-refractivity contribution in [1.29, 1.82) is 0 Å². The van der Waals surface area contributed by atoms with E-state index >= 15 is 0 Å². The van der Waals surface area contributed by atoms with Gasteiger partial charge in [-0.05, 0) is 68.5 Å². The summed E-state index contributed by atoms with van der Waals surface area (Å²) in [7, 11) is 4.12. The van der Waals surface area contributed by atoms with Crippen molar-refractivity contribution in [3.63, 3.8) is 0 Å². The summed E-state index contributed by atoms with van der Waals surface area (Å²) in [6.45, 7) is 1.26. The molecule has 30 heavy (non-hydrogen) atoms. The summed E-state index contributed by atoms with van der Waals surface area (Å²) in [5.74, 6) is -1.63. The third-order valence-electron chi connectivity index (χ3n) is 7.13. The van der Waals surface area contributed by atoms with Gasteiger partial charge in [0.25, 0.3) is 0 Å². The number of aliphatic hydroxyl groups is 2. The van der Waals surface area contributed by atoms with E-state index in [1.54, 1.807) is 18.2 Å². The van der Waals surface area contributed by atoms with Crippen molar-refractivity contribution < 1.29 is 34.8 Å². The molecule has 1 saturated heterocycles. The number of aliphatic hydroxyl groups excluding tert-OH is 2. The van der Waals surface area contributed by atoms with Gasteiger partial charge < -0.3 is 30.1 Å². The van der Waals surface area contributed by atoms with Crippen LogP contribution in [-0.2, 0) is 21.4 Å². The molecule has 4 rings (SSSR count). The first-order valence-electron chi connectivity index (χ1n) is 10.4. The highest BCUT2D eigenvalue weighted by Crippen LogP contribution is 2.55. The van der Waals surface area contributed by atoms with Gasteiger partial charge in [-0.1, -0.05) is 18.9 Å². The second-order valence-electron chi connectivity index (χ2n) is 8.60. The molecule has 2 aliphatic carbocycles. The van der Waals surface area contributed by atoms with E-state index in [0.29, 0.717) is 5.41 Å². The minimum absolute atomic E-state index is 0.456. The molecule has 166 valence electrons. The van der Waals surface area contributed by atoms with Gasteiger partial charge in [0.15, 0.2) is 12.2 Å². The second-order valence-corrected chi connectivity index (χ2v) is 8.60. The number of aliphatic carboxylic acids is 2. The maximum absolute atomic E-state index is 9.77. The van der Waals surface area contributed by atoms with Gasteiger partial charge in [-0.25, -0.2) is 9.59 Å². The number of carboxylic acids is 2. The summed E-state index contributed by atoms with van der Waals surface area (Å²) < 4.78 is 5.51. The van der Waals surface area contributed by atoms with E-state index in [-0.39, 0.29) is 0 Å². The number of hydrogen-bond acceptors (Lipinski definition) is 6. The molecule has 0 unspecified atom stereocenters. The minimum atomic E-state index is -2.27. The lowest BCUT2D eigenvalue weighted by atomic mass is 9.52. The number of nitrogens with zero attached hydrogens (tertiary/aromatic N) is 1. The fraction of sp³-hybridized carbons (Fsp3) is 0.636. The number of likely N-dealkylation sites (N-methyl/N-ethyl adjacent to an activating group) is 1. The molecule has 0 radical (unpaired) electrons. The fourth-order valence-electron chi connectivity index (χ4n) is 5.57. The number of carbonyl (C=O) groups is 2. The van der Waals surface area contributed by atoms with Crippen LogP contribution in [0.15, 0.2) is 18.2 Å². The Balaban J connectivity index is 0.000000220. The predicted molar refractivity (Wildman–Crippen MR) is 109 cm³/mol. The summed E-state index contributed by atoms with van der Waals surface area (Å²) >= 11 is 0. The first kappa shape index (κ1) is 22.5. The van der Waals surface area contributed by atoms with Crippen LogP contribution in [0.1, 0.15) is 43.2 Å². The molecular weight excluding hydrogens is 390 g/mol. The van der Waals surface area contributed by atoms with E-state index in [0.717, 1.165) is 17.7 Å². The van der Waals surface area contributed by atoms with Crippen molar-refractivity contribution in [2.45, 2.75) is 62.2 Å². The molecule has 1 aromatic rings. The van der Waals surface area contributed by atoms with E-state index in [2.05, 4.69) is 30.1 Å². The lowest BCUT2D eigenvalue weighted by molar-refractivity contribution is -0.165. The van der Waals surface area contributed by atoms with Crippen LogP contribution in [0, 0.1) is 5.92 Å². The standard InChI is InChI=1S/C18H25NO.C4H6O6/c1-19-10-9-18-8-4-3-5-15(18)17(19)11-13-6-7-14(20-2)12-16(13)18;5-1(3(7)8)2(6)4(9)10/h6-7,12,15,17H,3-5,8-11H2,1-2H3;1-2,5-6H,(H,7,8)(H,9,10)/t15-,17+,18+;1-,2-/m00/s1. The normalized spacial score (nSPS) is 29.3. The van der Waals surface area contributed by atoms with Crippen LogP contribution in [0.5, 0.6) is 5.75 Å². The summed E-state index contributed by atoms with van der Waals surface area (Å²) in [5, 5.41) is 32.5. The fourth-order valence-corrected chi connectivity index (χ4v) is 5.57. The molecule has 5 atom stereocenters. The molecular formula is C22H31NO7. The number of benzene rings is 1. The lowest BCUT2D eigenvalue weighted by Gasteiger charge is -2.58. The predicted octanol–water partition coefficient (Wildman–Crippen LogP) is 1.26. The van der Waals surface area contributed by atoms with Crippen LogP contribution in [-0.4, -0.2) is 76.2 Å². The zero-order chi connectivity index (χ0) is 22.1. The highest BCUT2D eigenvalue weighted by Gasteiger charge is 2.53. The summed E-state index contributed by atoms with van der Waals surface area (Å²) in [5.41, 5.74) is 3.67. The van der Waals surface area contributed by atoms with Gasteiger partial charge in [-0.15, -0.1) is 0 Å². The number of methoxy groups -OCH3 is 1. The Labute approximate surface area is 176 Å². The van der Waals surface area contributed by atoms with Crippen LogP contribution in [0.3, 0.4) is 0 Å². The number of ether oxygens (including phenoxy) is 1. The molecule has 0 aromatic heterocycles. The largest absolute Gasteiger partial charge is 0.497 e. The third-order valence-corrected chi connectivity index (χ3v) is 7.13. The Morgan fingerprint density at radius 2 is 1.80 bits per heavy atom. The van der Waals surface area contributed by atoms with Gasteiger partial charge in [-0.3, -0.25) is 0 Å². The van der Waals surface area contributed by atoms with Crippen molar-refractivity contribution >= 4 is 11.9 Å². The average Bonchev–Trinajstić information content (AvgIpc) is 2.75. The van der Waals surface area contributed by atoms with Gasteiger partial charge in [0.05, 0.1) is 7.11 Å². The van der Waals surface area contributed by atoms with Crippen LogP contribution >= 0.6 is 0 Å². The number of carboxylic acid groups (broad SMARTS) is 2. The van der Waals surface area contributed by atoms with E-state index in [1.165, 1.54) is 45.1 Å². The SMILES string of the molecule is COc1ccc2c(c1)[C@@]13CCCC[C@H]1[C@@H](C2)N(C)CC3.O=C(O)[C@@H](O)[C@H](O)C(=O)O. The molecule has 8 nitrogen and oxygen atoms in total. The van der Waals surface area contributed by atoms with Crippen LogP contribution in [0.2, 0.25) is 0 Å². The molecule has 1 aliphatic heterocycles. The maximum atomic E-state index is 9.77. The van der Waals surface area contributed by atoms with Gasteiger partial charge in [0.2, 0.25) is 0 Å². The Kier molecular flexibility index (Phi) is 6.69. The Bertz CT molecular complexity index is 780. The van der Waals surface area contributed by atoms with Crippen molar-refractivity contribution in [2.75, 3.05) is 20.7 Å². The summed E-state index contributed by atoms with van der Waals surface area (Å²) in [6, 6.07) is 7.60. The first-order chi connectivity index (χ1) is 14.2. The van der Waals surface area contributed by atoms with Crippen molar-refractivity contribution in [3.05, 3.63) is 29.3 Å². The Hall–Kier alpha value is -2.16. The molecule has 8 heteroatoms. The third kappa shape index (κ3) is 4.04. The molecule has 3 aliphatic rings. The monoisotopic (exact) mass is 421 g/mol. The molecule has 0 amide bonds. The second kappa shape index (κ2) is 8.91. The Morgan fingerprint density at radius 1 is 1.13 bits per heavy atom. The number of rotatable bonds is 4. The molecule has 4 N–H and O–H groups in total. The van der Waals surface area contributed by atoms with E-state index in [1.807, 2.05) is 0 Å². The quantitative estimate of drug-likeness (QED) is 0.572. The van der Waals surface area contributed by atoms with Crippen molar-refractivity contribution in [2.24, 2.45) is 5.92 Å². The van der Waals surface area contributed by atoms with Crippen molar-refractivity contribution in [3.8, 4) is 5.75 Å². The topological polar surface area (TPSA) is 128 Å². The molecule has 1 heterocycles. The average molecular weight is 421 g/mol. The minimum Gasteiger partial charge on any atom is -0.497 e. The molecule has 2 fully saturated rings.